The average molecular weight is 118 g/mol. The van der Waals surface area contributed by atoms with Crippen LogP contribution >= 0.6 is 16.0 Å². The molecule has 0 aromatic rings. The fourth-order valence-corrected chi connectivity index (χ4v) is 0. The molecule has 0 aliphatic rings. The van der Waals surface area contributed by atoms with Crippen molar-refractivity contribution in [3.05, 3.63) is 0 Å². The molecule has 0 fully saturated rings. The lowest BCUT2D eigenvalue weighted by Crippen LogP contribution is -1.14. The molecule has 26 valence electrons. The maximum Gasteiger partial charge on any atom is 0.101 e. The standard InChI is InChI=1S/FH3P2S/c1-4(2)3/h2-4H/i2T. The quantitative estimate of drug-likeness (QED) is 0.360. The molecule has 0 aliphatic heterocycles. The number of thiol groups is 1. The Hall–Kier alpha value is 0.880. The topological polar surface area (TPSA) is 0 Å². The molecule has 0 saturated heterocycles. The van der Waals surface area contributed by atoms with Gasteiger partial charge in [0.2, 0.25) is 0 Å². The summed E-state index contributed by atoms with van der Waals surface area (Å²) in [5.74, 6) is 0. The number of rotatable bonds is 0. The minimum atomic E-state index is -1.65. The van der Waals surface area contributed by atoms with Crippen molar-refractivity contribution in [2.24, 2.45) is 0 Å². The van der Waals surface area contributed by atoms with E-state index in [-0.39, 0.29) is 7.96 Å². The molecule has 1 atom stereocenters. The van der Waals surface area contributed by atoms with Crippen LogP contribution in [-0.4, -0.2) is 1.28 Å². The van der Waals surface area contributed by atoms with Crippen LogP contribution in [-0.2, 0) is 9.64 Å². The summed E-state index contributed by atoms with van der Waals surface area (Å²) in [6.07, 6.45) is 0. The van der Waals surface area contributed by atoms with Crippen molar-refractivity contribution in [1.82, 2.24) is 0 Å². The van der Waals surface area contributed by atoms with Crippen molar-refractivity contribution >= 4 is 25.6 Å². The van der Waals surface area contributed by atoms with Gasteiger partial charge in [0.15, 0.2) is 0 Å². The summed E-state index contributed by atoms with van der Waals surface area (Å²) in [5, 5.41) is 0. The van der Waals surface area contributed by atoms with Crippen molar-refractivity contribution in [3.8, 4) is 0 Å². The smallest absolute Gasteiger partial charge is 0.101 e. The van der Waals surface area contributed by atoms with E-state index in [2.05, 4.69) is 8.02 Å². The maximum absolute atomic E-state index is 11.2. The normalized spacial score (nSPS) is 19.8. The van der Waals surface area contributed by atoms with Gasteiger partial charge < -0.3 is 0 Å². The predicted molar refractivity (Wildman–Crippen MR) is 26.5 cm³/mol. The van der Waals surface area contributed by atoms with Crippen LogP contribution in [0.1, 0.15) is 0 Å². The highest BCUT2D eigenvalue weighted by Gasteiger charge is 1.34. The summed E-state index contributed by atoms with van der Waals surface area (Å²) in [6.45, 7) is 0. The first-order valence-electron chi connectivity index (χ1n) is 1.04. The minimum absolute atomic E-state index is 0.0586. The molecular formula is H3FP2S. The van der Waals surface area contributed by atoms with Crippen LogP contribution < -0.4 is 0 Å². The Kier molecular flexibility index (Phi) is 1.65. The highest BCUT2D eigenvalue weighted by Crippen LogP contribution is 1.80. The molecule has 0 rings (SSSR count). The fourth-order valence-electron chi connectivity index (χ4n) is 0. The maximum atomic E-state index is 11.2. The van der Waals surface area contributed by atoms with Gasteiger partial charge in [-0.15, -0.1) is 0 Å². The Morgan fingerprint density at radius 1 is 2.25 bits per heavy atom. The highest BCUT2D eigenvalue weighted by atomic mass is 32.7. The number of hydrogen-bond donors (Lipinski definition) is 1. The Balaban J connectivity index is 3.62. The van der Waals surface area contributed by atoms with Crippen LogP contribution in [0.3, 0.4) is 0 Å². The second-order valence-corrected chi connectivity index (χ2v) is 4.14. The van der Waals surface area contributed by atoms with Crippen molar-refractivity contribution in [2.75, 3.05) is 0 Å². The monoisotopic (exact) mass is 118 g/mol. The first kappa shape index (κ1) is 3.08. The third kappa shape index (κ3) is 13.1. The average Bonchev–Trinajstić information content (AvgIpc) is 1.38. The van der Waals surface area contributed by atoms with Crippen LogP contribution in [0.25, 0.3) is 0 Å². The van der Waals surface area contributed by atoms with Crippen molar-refractivity contribution in [2.45, 2.75) is 0 Å². The predicted octanol–water partition coefficient (Wildman–Crippen LogP) is 1.34. The molecule has 0 aliphatic carbocycles. The van der Waals surface area contributed by atoms with E-state index in [4.69, 9.17) is 1.28 Å². The third-order valence-corrected chi connectivity index (χ3v) is 0. The van der Waals surface area contributed by atoms with Gasteiger partial charge in [-0.3, -0.25) is 0 Å². The van der Waals surface area contributed by atoms with E-state index in [1.807, 2.05) is 0 Å². The molecule has 0 radical (unpaired) electrons. The molecule has 0 aromatic carbocycles. The van der Waals surface area contributed by atoms with Gasteiger partial charge in [-0.05, 0) is 9.64 Å². The lowest BCUT2D eigenvalue weighted by molar-refractivity contribution is 0.948. The van der Waals surface area contributed by atoms with E-state index in [1.165, 1.54) is 0 Å². The van der Waals surface area contributed by atoms with E-state index in [0.29, 0.717) is 0 Å². The molecule has 0 bridgehead atoms. The molecule has 1 unspecified atom stereocenters. The molecule has 4 heavy (non-hydrogen) atoms. The van der Waals surface area contributed by atoms with Gasteiger partial charge in [-0.1, -0.05) is 16.0 Å². The number of halogens is 1. The Labute approximate surface area is 31.6 Å². The first-order valence-corrected chi connectivity index (χ1v) is 4.32. The van der Waals surface area contributed by atoms with Gasteiger partial charge in [0.05, 0.1) is 0 Å². The minimum Gasteiger partial charge on any atom is -0.176 e. The molecule has 0 heterocycles. The van der Waals surface area contributed by atoms with Gasteiger partial charge in [0, 0.05) is 0 Å². The Morgan fingerprint density at radius 3 is 2.50 bits per heavy atom. The zero-order valence-electron chi connectivity index (χ0n) is 2.77. The third-order valence-electron chi connectivity index (χ3n) is 0. The molecule has 0 saturated carbocycles. The van der Waals surface area contributed by atoms with Gasteiger partial charge in [-0.2, -0.15) is 3.89 Å². The molecule has 0 nitrogen and oxygen atoms in total. The van der Waals surface area contributed by atoms with Crippen molar-refractivity contribution < 1.29 is 3.89 Å². The summed E-state index contributed by atoms with van der Waals surface area (Å²) >= 11 is 0. The summed E-state index contributed by atoms with van der Waals surface area (Å²) < 4.78 is 17.4. The zero-order chi connectivity index (χ0) is 4.28. The van der Waals surface area contributed by atoms with Crippen LogP contribution in [0.15, 0.2) is 0 Å². The molecule has 4 heteroatoms. The van der Waals surface area contributed by atoms with E-state index < -0.39 is 9.64 Å². The fraction of sp³-hybridized carbons (Fsp3) is 0. The van der Waals surface area contributed by atoms with Crippen LogP contribution in [0, 0.1) is 0 Å². The van der Waals surface area contributed by atoms with E-state index >= 15 is 0 Å². The highest BCUT2D eigenvalue weighted by molar-refractivity contribution is 8.25. The molecule has 0 aromatic heterocycles. The molecular weight excluding hydrogens is 113 g/mol. The van der Waals surface area contributed by atoms with Crippen LogP contribution in [0.2, 0.25) is 0 Å². The number of hydrogen-bond acceptors (Lipinski definition) is 0. The lowest BCUT2D eigenvalue weighted by Gasteiger charge is -1.49. The first-order chi connectivity index (χ1) is 2.27. The van der Waals surface area contributed by atoms with Gasteiger partial charge in [0.1, 0.15) is 1.28 Å². The second-order valence-electron chi connectivity index (χ2n) is 0.260. The van der Waals surface area contributed by atoms with Crippen molar-refractivity contribution in [3.63, 3.8) is 0 Å². The van der Waals surface area contributed by atoms with Crippen LogP contribution in [0.5, 0.6) is 0 Å². The molecule has 0 spiro atoms. The van der Waals surface area contributed by atoms with Gasteiger partial charge in [0.25, 0.3) is 0 Å². The molecule has 0 N–H and O–H groups in total. The van der Waals surface area contributed by atoms with E-state index in [1.54, 1.807) is 0 Å². The Morgan fingerprint density at radius 2 is 2.50 bits per heavy atom. The summed E-state index contributed by atoms with van der Waals surface area (Å²) in [5.41, 5.74) is 0. The van der Waals surface area contributed by atoms with Gasteiger partial charge >= 0.3 is 0 Å². The summed E-state index contributed by atoms with van der Waals surface area (Å²) in [6, 6.07) is 0. The largest absolute Gasteiger partial charge is 0.176 e. The lowest BCUT2D eigenvalue weighted by atomic mass is 18.9. The van der Waals surface area contributed by atoms with Gasteiger partial charge in [-0.25, -0.2) is 0 Å². The second kappa shape index (κ2) is 2.14. The Bertz CT molecular complexity index is 81.6. The summed E-state index contributed by atoms with van der Waals surface area (Å²) in [7, 11) is 1.02. The summed E-state index contributed by atoms with van der Waals surface area (Å²) in [4.78, 5) is 0. The SMILES string of the molecule is [3H]/P=[SH](/F)=P. The van der Waals surface area contributed by atoms with E-state index in [9.17, 15) is 3.89 Å². The molecule has 0 amide bonds. The zero-order valence-corrected chi connectivity index (χ0v) is 4.56. The van der Waals surface area contributed by atoms with E-state index in [0.717, 1.165) is 0 Å². The van der Waals surface area contributed by atoms with Crippen LogP contribution in [0.4, 0.5) is 3.89 Å². The van der Waals surface area contributed by atoms with Crippen molar-refractivity contribution in [1.29, 1.82) is 1.28 Å².